The second kappa shape index (κ2) is 7.40. The zero-order chi connectivity index (χ0) is 16.9. The fourth-order valence-corrected chi connectivity index (χ4v) is 2.01. The van der Waals surface area contributed by atoms with Crippen LogP contribution in [0.2, 0.25) is 5.02 Å². The van der Waals surface area contributed by atoms with Crippen molar-refractivity contribution >= 4 is 29.3 Å². The number of carboxylic acids is 1. The van der Waals surface area contributed by atoms with E-state index in [1.807, 2.05) is 0 Å². The molecule has 0 saturated carbocycles. The molecule has 0 fully saturated rings. The number of carboxylic acid groups (broad SMARTS) is 1. The van der Waals surface area contributed by atoms with Crippen LogP contribution in [0.25, 0.3) is 0 Å². The van der Waals surface area contributed by atoms with Crippen LogP contribution in [0.15, 0.2) is 18.2 Å². The number of hydrogen-bond acceptors (Lipinski definition) is 2. The molecule has 0 unspecified atom stereocenters. The summed E-state index contributed by atoms with van der Waals surface area (Å²) in [6, 6.07) is 3.28. The third kappa shape index (κ3) is 5.48. The Bertz CT molecular complexity index is 565. The van der Waals surface area contributed by atoms with Crippen molar-refractivity contribution in [3.8, 4) is 0 Å². The lowest BCUT2D eigenvalue weighted by molar-refractivity contribution is -0.137. The van der Waals surface area contributed by atoms with E-state index in [0.29, 0.717) is 0 Å². The minimum absolute atomic E-state index is 0.0611. The minimum atomic E-state index is -2.75. The number of alkyl halides is 2. The first-order chi connectivity index (χ1) is 10.1. The molecule has 22 heavy (non-hydrogen) atoms. The summed E-state index contributed by atoms with van der Waals surface area (Å²) < 4.78 is 25.4. The van der Waals surface area contributed by atoms with Gasteiger partial charge in [-0.3, -0.25) is 4.79 Å². The summed E-state index contributed by atoms with van der Waals surface area (Å²) in [4.78, 5) is 22.4. The van der Waals surface area contributed by atoms with Crippen molar-refractivity contribution in [2.24, 2.45) is 0 Å². The molecule has 1 aromatic carbocycles. The van der Waals surface area contributed by atoms with Crippen molar-refractivity contribution in [2.75, 3.05) is 5.32 Å². The molecular weight excluding hydrogens is 318 g/mol. The van der Waals surface area contributed by atoms with Crippen LogP contribution in [0.1, 0.15) is 38.7 Å². The molecule has 8 heteroatoms. The maximum absolute atomic E-state index is 12.7. The van der Waals surface area contributed by atoms with Crippen LogP contribution in [-0.2, 0) is 4.79 Å². The first-order valence-electron chi connectivity index (χ1n) is 6.50. The molecule has 0 aliphatic carbocycles. The van der Waals surface area contributed by atoms with Crippen molar-refractivity contribution in [3.05, 3.63) is 28.8 Å². The summed E-state index contributed by atoms with van der Waals surface area (Å²) in [5, 5.41) is 13.4. The van der Waals surface area contributed by atoms with Crippen LogP contribution < -0.4 is 10.6 Å². The Morgan fingerprint density at radius 2 is 2.00 bits per heavy atom. The molecule has 0 aliphatic heterocycles. The number of rotatable bonds is 6. The molecule has 0 heterocycles. The smallest absolute Gasteiger partial charge is 0.319 e. The highest BCUT2D eigenvalue weighted by Gasteiger charge is 2.22. The lowest BCUT2D eigenvalue weighted by Gasteiger charge is -2.26. The molecule has 122 valence electrons. The van der Waals surface area contributed by atoms with Gasteiger partial charge in [-0.2, -0.15) is 0 Å². The van der Waals surface area contributed by atoms with E-state index < -0.39 is 24.0 Å². The molecule has 2 amide bonds. The largest absolute Gasteiger partial charge is 0.481 e. The summed E-state index contributed by atoms with van der Waals surface area (Å²) in [6.45, 7) is 3.32. The fraction of sp³-hybridized carbons (Fsp3) is 0.429. The molecule has 0 saturated heterocycles. The lowest BCUT2D eigenvalue weighted by atomic mass is 9.99. The van der Waals surface area contributed by atoms with Crippen LogP contribution >= 0.6 is 11.6 Å². The Hall–Kier alpha value is -1.89. The minimum Gasteiger partial charge on any atom is -0.481 e. The van der Waals surface area contributed by atoms with Gasteiger partial charge in [-0.25, -0.2) is 13.6 Å². The van der Waals surface area contributed by atoms with Gasteiger partial charge in [-0.05, 0) is 26.3 Å². The van der Waals surface area contributed by atoms with Gasteiger partial charge in [-0.1, -0.05) is 23.7 Å². The Kier molecular flexibility index (Phi) is 6.11. The molecule has 0 radical (unpaired) electrons. The highest BCUT2D eigenvalue weighted by Crippen LogP contribution is 2.32. The van der Waals surface area contributed by atoms with Crippen molar-refractivity contribution in [1.82, 2.24) is 5.32 Å². The summed E-state index contributed by atoms with van der Waals surface area (Å²) >= 11 is 5.82. The zero-order valence-electron chi connectivity index (χ0n) is 12.1. The van der Waals surface area contributed by atoms with E-state index in [4.69, 9.17) is 16.7 Å². The summed E-state index contributed by atoms with van der Waals surface area (Å²) in [5.41, 5.74) is -1.08. The zero-order valence-corrected chi connectivity index (χ0v) is 12.9. The summed E-state index contributed by atoms with van der Waals surface area (Å²) in [6.07, 6.45) is -2.63. The third-order valence-corrected chi connectivity index (χ3v) is 3.35. The number of halogens is 3. The first kappa shape index (κ1) is 18.2. The number of anilines is 1. The third-order valence-electron chi connectivity index (χ3n) is 2.93. The van der Waals surface area contributed by atoms with Gasteiger partial charge in [0.25, 0.3) is 6.43 Å². The molecule has 0 aromatic heterocycles. The molecule has 0 aliphatic rings. The van der Waals surface area contributed by atoms with Gasteiger partial charge >= 0.3 is 12.0 Å². The van der Waals surface area contributed by atoms with E-state index in [0.717, 1.165) is 0 Å². The molecule has 1 rings (SSSR count). The number of benzene rings is 1. The molecule has 5 nitrogen and oxygen atoms in total. The second-order valence-corrected chi connectivity index (χ2v) is 5.74. The lowest BCUT2D eigenvalue weighted by Crippen LogP contribution is -2.45. The van der Waals surface area contributed by atoms with E-state index in [2.05, 4.69) is 10.6 Å². The number of carbonyl (C=O) groups is 2. The van der Waals surface area contributed by atoms with Crippen molar-refractivity contribution in [2.45, 2.75) is 38.7 Å². The normalized spacial score (nSPS) is 11.4. The van der Waals surface area contributed by atoms with Gasteiger partial charge < -0.3 is 15.7 Å². The Morgan fingerprint density at radius 3 is 2.55 bits per heavy atom. The Morgan fingerprint density at radius 1 is 1.36 bits per heavy atom. The highest BCUT2D eigenvalue weighted by atomic mass is 35.5. The monoisotopic (exact) mass is 334 g/mol. The number of aliphatic carboxylic acids is 1. The number of nitrogens with one attached hydrogen (secondary N) is 2. The Labute approximate surface area is 131 Å². The van der Waals surface area contributed by atoms with Crippen molar-refractivity contribution in [3.63, 3.8) is 0 Å². The number of amides is 2. The average molecular weight is 335 g/mol. The van der Waals surface area contributed by atoms with E-state index >= 15 is 0 Å². The quantitative estimate of drug-likeness (QED) is 0.734. The van der Waals surface area contributed by atoms with Gasteiger partial charge in [0.1, 0.15) is 0 Å². The Balaban J connectivity index is 2.73. The van der Waals surface area contributed by atoms with Crippen LogP contribution in [0.5, 0.6) is 0 Å². The molecule has 0 atom stereocenters. The van der Waals surface area contributed by atoms with Gasteiger partial charge in [0.15, 0.2) is 0 Å². The molecule has 0 spiro atoms. The molecule has 0 bridgehead atoms. The molecule has 3 N–H and O–H groups in total. The van der Waals surface area contributed by atoms with Crippen molar-refractivity contribution < 1.29 is 23.5 Å². The predicted octanol–water partition coefficient (Wildman–Crippen LogP) is 4.04. The number of hydrogen-bond donors (Lipinski definition) is 3. The maximum atomic E-state index is 12.7. The maximum Gasteiger partial charge on any atom is 0.319 e. The highest BCUT2D eigenvalue weighted by molar-refractivity contribution is 6.34. The van der Waals surface area contributed by atoms with Crippen LogP contribution in [0.4, 0.5) is 19.3 Å². The van der Waals surface area contributed by atoms with Gasteiger partial charge in [0.2, 0.25) is 0 Å². The average Bonchev–Trinajstić information content (AvgIpc) is 2.38. The van der Waals surface area contributed by atoms with Crippen molar-refractivity contribution in [1.29, 1.82) is 0 Å². The standard InChI is InChI=1S/C14H17ClF2N2O3/c1-14(2,7-6-10(20)21)19-13(22)18-9-5-3-4-8(11(9)15)12(16)17/h3-5,12H,6-7H2,1-2H3,(H,20,21)(H2,18,19,22). The van der Waals surface area contributed by atoms with E-state index in [1.165, 1.54) is 18.2 Å². The van der Waals surface area contributed by atoms with E-state index in [1.54, 1.807) is 13.8 Å². The number of urea groups is 1. The topological polar surface area (TPSA) is 78.4 Å². The van der Waals surface area contributed by atoms with Gasteiger partial charge in [0.05, 0.1) is 10.7 Å². The van der Waals surface area contributed by atoms with Crippen LogP contribution in [0, 0.1) is 0 Å². The van der Waals surface area contributed by atoms with Gasteiger partial charge in [-0.15, -0.1) is 0 Å². The molecule has 1 aromatic rings. The van der Waals surface area contributed by atoms with Crippen LogP contribution in [0.3, 0.4) is 0 Å². The van der Waals surface area contributed by atoms with Gasteiger partial charge in [0, 0.05) is 17.5 Å². The van der Waals surface area contributed by atoms with E-state index in [9.17, 15) is 18.4 Å². The van der Waals surface area contributed by atoms with Crippen LogP contribution in [-0.4, -0.2) is 22.6 Å². The predicted molar refractivity (Wildman–Crippen MR) is 79.5 cm³/mol. The summed E-state index contributed by atoms with van der Waals surface area (Å²) in [7, 11) is 0. The SMILES string of the molecule is CC(C)(CCC(=O)O)NC(=O)Nc1cccc(C(F)F)c1Cl. The first-order valence-corrected chi connectivity index (χ1v) is 6.88. The fourth-order valence-electron chi connectivity index (χ4n) is 1.76. The van der Waals surface area contributed by atoms with E-state index in [-0.39, 0.29) is 29.1 Å². The summed E-state index contributed by atoms with van der Waals surface area (Å²) in [5.74, 6) is -0.969. The second-order valence-electron chi connectivity index (χ2n) is 5.37. The molecular formula is C14H17ClF2N2O3. The number of carbonyl (C=O) groups excluding carboxylic acids is 1.